The molecule has 0 aliphatic carbocycles. The lowest BCUT2D eigenvalue weighted by Crippen LogP contribution is -2.41. The Labute approximate surface area is 110 Å². The van der Waals surface area contributed by atoms with Crippen LogP contribution in [0.5, 0.6) is 0 Å². The molecule has 1 amide bonds. The Kier molecular flexibility index (Phi) is 4.13. The van der Waals surface area contributed by atoms with Gasteiger partial charge in [0.05, 0.1) is 13.2 Å². The van der Waals surface area contributed by atoms with Crippen LogP contribution in [0.4, 0.5) is 0 Å². The third kappa shape index (κ3) is 2.78. The minimum Gasteiger partial charge on any atom is -0.378 e. The molecule has 4 nitrogen and oxygen atoms in total. The van der Waals surface area contributed by atoms with Gasteiger partial charge < -0.3 is 9.64 Å². The van der Waals surface area contributed by atoms with Crippen LogP contribution in [-0.4, -0.2) is 37.1 Å². The van der Waals surface area contributed by atoms with Gasteiger partial charge in [0.2, 0.25) is 0 Å². The van der Waals surface area contributed by atoms with Crippen molar-refractivity contribution in [2.75, 3.05) is 26.3 Å². The van der Waals surface area contributed by atoms with Crippen molar-refractivity contribution in [3.8, 4) is 6.07 Å². The minimum absolute atomic E-state index is 0.197. The minimum atomic E-state index is -0.200. The van der Waals surface area contributed by atoms with Crippen molar-refractivity contribution in [2.24, 2.45) is 0 Å². The number of ether oxygens (including phenoxy) is 1. The molecule has 18 heavy (non-hydrogen) atoms. The lowest BCUT2D eigenvalue weighted by Gasteiger charge is -2.26. The van der Waals surface area contributed by atoms with Crippen molar-refractivity contribution in [1.29, 1.82) is 5.26 Å². The van der Waals surface area contributed by atoms with Gasteiger partial charge in [-0.2, -0.15) is 5.26 Å². The number of morpholine rings is 1. The molecule has 0 spiro atoms. The third-order valence-corrected chi connectivity index (χ3v) is 3.79. The number of hydrogen-bond donors (Lipinski definition) is 0. The number of aryl methyl sites for hydroxylation is 1. The van der Waals surface area contributed by atoms with Gasteiger partial charge in [0.1, 0.15) is 11.6 Å². The quantitative estimate of drug-likeness (QED) is 0.603. The summed E-state index contributed by atoms with van der Waals surface area (Å²) in [5.74, 6) is -0.200. The first-order chi connectivity index (χ1) is 8.72. The van der Waals surface area contributed by atoms with Crippen LogP contribution in [-0.2, 0) is 9.53 Å². The van der Waals surface area contributed by atoms with E-state index in [0.717, 1.165) is 10.4 Å². The predicted octanol–water partition coefficient (Wildman–Crippen LogP) is 1.82. The molecule has 1 fully saturated rings. The van der Waals surface area contributed by atoms with Crippen molar-refractivity contribution in [2.45, 2.75) is 6.92 Å². The van der Waals surface area contributed by atoms with E-state index in [2.05, 4.69) is 0 Å². The molecule has 5 heteroatoms. The van der Waals surface area contributed by atoms with Crippen LogP contribution in [0.15, 0.2) is 17.0 Å². The van der Waals surface area contributed by atoms with Gasteiger partial charge in [-0.05, 0) is 30.0 Å². The van der Waals surface area contributed by atoms with E-state index in [1.165, 1.54) is 11.3 Å². The highest BCUT2D eigenvalue weighted by atomic mass is 32.1. The van der Waals surface area contributed by atoms with E-state index >= 15 is 0 Å². The molecule has 1 saturated heterocycles. The molecule has 1 aliphatic rings. The molecular formula is C13H14N2O2S. The van der Waals surface area contributed by atoms with Gasteiger partial charge in [0.25, 0.3) is 5.91 Å². The fourth-order valence-corrected chi connectivity index (χ4v) is 2.60. The summed E-state index contributed by atoms with van der Waals surface area (Å²) in [5.41, 5.74) is 1.28. The molecule has 2 rings (SSSR count). The van der Waals surface area contributed by atoms with Gasteiger partial charge in [0, 0.05) is 18.0 Å². The van der Waals surface area contributed by atoms with Crippen LogP contribution in [0.2, 0.25) is 0 Å². The van der Waals surface area contributed by atoms with E-state index in [1.54, 1.807) is 11.0 Å². The molecule has 0 aromatic carbocycles. The summed E-state index contributed by atoms with van der Waals surface area (Å²) < 4.78 is 5.19. The van der Waals surface area contributed by atoms with E-state index in [-0.39, 0.29) is 11.5 Å². The molecule has 0 atom stereocenters. The molecule has 0 N–H and O–H groups in total. The zero-order valence-corrected chi connectivity index (χ0v) is 11.0. The molecule has 1 aliphatic heterocycles. The van der Waals surface area contributed by atoms with Gasteiger partial charge in [-0.15, -0.1) is 11.3 Å². The van der Waals surface area contributed by atoms with Crippen LogP contribution in [0, 0.1) is 18.3 Å². The third-order valence-electron chi connectivity index (χ3n) is 2.83. The SMILES string of the molecule is Cc1ccsc1/C=C(/C#N)C(=O)N1CCOCC1. The molecule has 2 heterocycles. The van der Waals surface area contributed by atoms with Crippen molar-refractivity contribution in [1.82, 2.24) is 4.90 Å². The summed E-state index contributed by atoms with van der Waals surface area (Å²) in [6.45, 7) is 4.17. The standard InChI is InChI=1S/C13H14N2O2S/c1-10-2-7-18-12(10)8-11(9-14)13(16)15-3-5-17-6-4-15/h2,7-8H,3-6H2,1H3/b11-8-. The number of thiophene rings is 1. The van der Waals surface area contributed by atoms with Gasteiger partial charge in [0.15, 0.2) is 0 Å². The van der Waals surface area contributed by atoms with Gasteiger partial charge in [-0.25, -0.2) is 0 Å². The lowest BCUT2D eigenvalue weighted by molar-refractivity contribution is -0.130. The molecule has 1 aromatic heterocycles. The van der Waals surface area contributed by atoms with Gasteiger partial charge in [-0.3, -0.25) is 4.79 Å². The Balaban J connectivity index is 2.18. The lowest BCUT2D eigenvalue weighted by atomic mass is 10.2. The van der Waals surface area contributed by atoms with Crippen LogP contribution in [0.3, 0.4) is 0 Å². The fourth-order valence-electron chi connectivity index (χ4n) is 1.74. The maximum absolute atomic E-state index is 12.2. The summed E-state index contributed by atoms with van der Waals surface area (Å²) in [7, 11) is 0. The highest BCUT2D eigenvalue weighted by Crippen LogP contribution is 2.20. The molecule has 1 aromatic rings. The summed E-state index contributed by atoms with van der Waals surface area (Å²) in [5, 5.41) is 11.1. The Bertz CT molecular complexity index is 507. The highest BCUT2D eigenvalue weighted by Gasteiger charge is 2.20. The molecule has 0 unspecified atom stereocenters. The first-order valence-electron chi connectivity index (χ1n) is 5.75. The Morgan fingerprint density at radius 3 is 2.83 bits per heavy atom. The van der Waals surface area contributed by atoms with E-state index < -0.39 is 0 Å². The molecule has 0 radical (unpaired) electrons. The average Bonchev–Trinajstić information content (AvgIpc) is 2.81. The maximum Gasteiger partial charge on any atom is 0.264 e. The number of carbonyl (C=O) groups is 1. The van der Waals surface area contributed by atoms with Gasteiger partial charge in [-0.1, -0.05) is 0 Å². The van der Waals surface area contributed by atoms with Crippen LogP contribution < -0.4 is 0 Å². The molecule has 0 bridgehead atoms. The fraction of sp³-hybridized carbons (Fsp3) is 0.385. The predicted molar refractivity (Wildman–Crippen MR) is 70.0 cm³/mol. The van der Waals surface area contributed by atoms with Crippen LogP contribution >= 0.6 is 11.3 Å². The number of nitriles is 1. The molecule has 0 saturated carbocycles. The highest BCUT2D eigenvalue weighted by molar-refractivity contribution is 7.11. The Morgan fingerprint density at radius 2 is 2.28 bits per heavy atom. The Morgan fingerprint density at radius 1 is 1.56 bits per heavy atom. The van der Waals surface area contributed by atoms with E-state index in [9.17, 15) is 4.79 Å². The number of hydrogen-bond acceptors (Lipinski definition) is 4. The average molecular weight is 262 g/mol. The van der Waals surface area contributed by atoms with E-state index in [1.807, 2.05) is 24.4 Å². The molecule has 94 valence electrons. The maximum atomic E-state index is 12.2. The largest absolute Gasteiger partial charge is 0.378 e. The second-order valence-corrected chi connectivity index (χ2v) is 4.99. The van der Waals surface area contributed by atoms with Crippen molar-refractivity contribution < 1.29 is 9.53 Å². The topological polar surface area (TPSA) is 53.3 Å². The number of rotatable bonds is 2. The summed E-state index contributed by atoms with van der Waals surface area (Å²) in [4.78, 5) is 14.8. The first kappa shape index (κ1) is 12.8. The van der Waals surface area contributed by atoms with Crippen LogP contribution in [0.25, 0.3) is 6.08 Å². The van der Waals surface area contributed by atoms with Crippen molar-refractivity contribution >= 4 is 23.3 Å². The normalized spacial score (nSPS) is 16.4. The summed E-state index contributed by atoms with van der Waals surface area (Å²) in [6.07, 6.45) is 1.68. The van der Waals surface area contributed by atoms with Crippen LogP contribution in [0.1, 0.15) is 10.4 Å². The molecular weight excluding hydrogens is 248 g/mol. The van der Waals surface area contributed by atoms with E-state index in [4.69, 9.17) is 10.00 Å². The zero-order valence-electron chi connectivity index (χ0n) is 10.2. The number of amides is 1. The first-order valence-corrected chi connectivity index (χ1v) is 6.63. The Hall–Kier alpha value is -1.64. The van der Waals surface area contributed by atoms with Gasteiger partial charge >= 0.3 is 0 Å². The second kappa shape index (κ2) is 5.80. The van der Waals surface area contributed by atoms with E-state index in [0.29, 0.717) is 26.3 Å². The monoisotopic (exact) mass is 262 g/mol. The summed E-state index contributed by atoms with van der Waals surface area (Å²) in [6, 6.07) is 3.98. The van der Waals surface area contributed by atoms with Crippen molar-refractivity contribution in [3.63, 3.8) is 0 Å². The van der Waals surface area contributed by atoms with Crippen molar-refractivity contribution in [3.05, 3.63) is 27.5 Å². The smallest absolute Gasteiger partial charge is 0.264 e. The summed E-state index contributed by atoms with van der Waals surface area (Å²) >= 11 is 1.53. The number of carbonyl (C=O) groups excluding carboxylic acids is 1. The number of nitrogens with zero attached hydrogens (tertiary/aromatic N) is 2. The second-order valence-electron chi connectivity index (χ2n) is 4.04. The zero-order chi connectivity index (χ0) is 13.0.